The molecule has 21 heavy (non-hydrogen) atoms. The standard InChI is InChI=1S/C18H20N2O/c1-2-13-3-7-17(8-4-13)20-18(21)15-5-6-16-12-19-10-9-14(16)11-15/h3-8,11,19H,2,9-10,12H2,1H3,(H,20,21). The summed E-state index contributed by atoms with van der Waals surface area (Å²) in [6.45, 7) is 4.00. The number of nitrogens with one attached hydrogen (secondary N) is 2. The molecule has 3 nitrogen and oxygen atoms in total. The molecule has 3 rings (SSSR count). The average Bonchev–Trinajstić information content (AvgIpc) is 2.55. The molecule has 2 aromatic carbocycles. The van der Waals surface area contributed by atoms with Gasteiger partial charge in [0.05, 0.1) is 0 Å². The van der Waals surface area contributed by atoms with Gasteiger partial charge >= 0.3 is 0 Å². The zero-order valence-electron chi connectivity index (χ0n) is 12.3. The minimum atomic E-state index is -0.0411. The molecule has 2 N–H and O–H groups in total. The molecule has 0 aromatic heterocycles. The monoisotopic (exact) mass is 280 g/mol. The third-order valence-electron chi connectivity index (χ3n) is 3.98. The fourth-order valence-electron chi connectivity index (χ4n) is 2.65. The van der Waals surface area contributed by atoms with Crippen molar-refractivity contribution < 1.29 is 4.79 Å². The van der Waals surface area contributed by atoms with Gasteiger partial charge in [0.2, 0.25) is 0 Å². The maximum absolute atomic E-state index is 12.3. The number of hydrogen-bond donors (Lipinski definition) is 2. The molecule has 2 aromatic rings. The van der Waals surface area contributed by atoms with Crippen LogP contribution in [0.2, 0.25) is 0 Å². The van der Waals surface area contributed by atoms with Gasteiger partial charge in [0.25, 0.3) is 5.91 Å². The summed E-state index contributed by atoms with van der Waals surface area (Å²) < 4.78 is 0. The molecule has 1 aliphatic rings. The zero-order chi connectivity index (χ0) is 14.7. The van der Waals surface area contributed by atoms with E-state index in [4.69, 9.17) is 0 Å². The number of aryl methyl sites for hydroxylation is 1. The van der Waals surface area contributed by atoms with Gasteiger partial charge in [0.1, 0.15) is 0 Å². The lowest BCUT2D eigenvalue weighted by Crippen LogP contribution is -2.24. The Bertz CT molecular complexity index is 647. The van der Waals surface area contributed by atoms with Crippen molar-refractivity contribution in [3.05, 3.63) is 64.7 Å². The van der Waals surface area contributed by atoms with Crippen LogP contribution in [0.3, 0.4) is 0 Å². The van der Waals surface area contributed by atoms with Crippen molar-refractivity contribution in [1.82, 2.24) is 5.32 Å². The van der Waals surface area contributed by atoms with Gasteiger partial charge in [-0.15, -0.1) is 0 Å². The molecule has 0 spiro atoms. The van der Waals surface area contributed by atoms with E-state index >= 15 is 0 Å². The summed E-state index contributed by atoms with van der Waals surface area (Å²) in [5, 5.41) is 6.30. The van der Waals surface area contributed by atoms with Crippen molar-refractivity contribution in [1.29, 1.82) is 0 Å². The van der Waals surface area contributed by atoms with Crippen LogP contribution in [-0.4, -0.2) is 12.5 Å². The number of carbonyl (C=O) groups is 1. The molecule has 0 fully saturated rings. The number of hydrogen-bond acceptors (Lipinski definition) is 2. The number of rotatable bonds is 3. The molecule has 0 atom stereocenters. The Morgan fingerprint density at radius 1 is 1.14 bits per heavy atom. The summed E-state index contributed by atoms with van der Waals surface area (Å²) in [5.41, 5.74) is 5.42. The highest BCUT2D eigenvalue weighted by Gasteiger charge is 2.12. The summed E-state index contributed by atoms with van der Waals surface area (Å²) in [4.78, 5) is 12.3. The second-order valence-corrected chi connectivity index (χ2v) is 5.41. The van der Waals surface area contributed by atoms with Gasteiger partial charge in [-0.3, -0.25) is 4.79 Å². The third kappa shape index (κ3) is 3.14. The summed E-state index contributed by atoms with van der Waals surface area (Å²) in [5.74, 6) is -0.0411. The lowest BCUT2D eigenvalue weighted by atomic mass is 9.98. The second kappa shape index (κ2) is 6.10. The first kappa shape index (κ1) is 13.8. The molecular formula is C18H20N2O. The Morgan fingerprint density at radius 3 is 2.71 bits per heavy atom. The highest BCUT2D eigenvalue weighted by Crippen LogP contribution is 2.17. The first-order chi connectivity index (χ1) is 10.3. The normalized spacial score (nSPS) is 13.6. The van der Waals surface area contributed by atoms with Crippen LogP contribution in [0.5, 0.6) is 0 Å². The second-order valence-electron chi connectivity index (χ2n) is 5.41. The van der Waals surface area contributed by atoms with Gasteiger partial charge in [0.15, 0.2) is 0 Å². The van der Waals surface area contributed by atoms with Crippen molar-refractivity contribution in [2.45, 2.75) is 26.3 Å². The van der Waals surface area contributed by atoms with Crippen LogP contribution < -0.4 is 10.6 Å². The van der Waals surface area contributed by atoms with E-state index in [1.807, 2.05) is 36.4 Å². The Labute approximate surface area is 125 Å². The van der Waals surface area contributed by atoms with Gasteiger partial charge in [-0.25, -0.2) is 0 Å². The molecule has 0 saturated carbocycles. The number of benzene rings is 2. The lowest BCUT2D eigenvalue weighted by molar-refractivity contribution is 0.102. The van der Waals surface area contributed by atoms with Crippen LogP contribution >= 0.6 is 0 Å². The summed E-state index contributed by atoms with van der Waals surface area (Å²) >= 11 is 0. The van der Waals surface area contributed by atoms with Gasteiger partial charge in [0, 0.05) is 17.8 Å². The molecule has 1 amide bonds. The Balaban J connectivity index is 1.75. The molecule has 0 bridgehead atoms. The maximum atomic E-state index is 12.3. The van der Waals surface area contributed by atoms with E-state index in [1.54, 1.807) is 0 Å². The minimum absolute atomic E-state index is 0.0411. The highest BCUT2D eigenvalue weighted by molar-refractivity contribution is 6.04. The van der Waals surface area contributed by atoms with Gasteiger partial charge in [-0.2, -0.15) is 0 Å². The van der Waals surface area contributed by atoms with Gasteiger partial charge in [-0.05, 0) is 60.3 Å². The van der Waals surface area contributed by atoms with E-state index < -0.39 is 0 Å². The SMILES string of the molecule is CCc1ccc(NC(=O)c2ccc3c(c2)CCNC3)cc1. The quantitative estimate of drug-likeness (QED) is 0.907. The third-order valence-corrected chi connectivity index (χ3v) is 3.98. The number of carbonyl (C=O) groups excluding carboxylic acids is 1. The van der Waals surface area contributed by atoms with E-state index in [1.165, 1.54) is 16.7 Å². The van der Waals surface area contributed by atoms with Crippen LogP contribution in [0.15, 0.2) is 42.5 Å². The van der Waals surface area contributed by atoms with E-state index in [-0.39, 0.29) is 5.91 Å². The van der Waals surface area contributed by atoms with E-state index in [9.17, 15) is 4.79 Å². The van der Waals surface area contributed by atoms with Crippen LogP contribution in [0.1, 0.15) is 34.0 Å². The molecule has 0 unspecified atom stereocenters. The Kier molecular flexibility index (Phi) is 4.02. The van der Waals surface area contributed by atoms with Crippen molar-refractivity contribution in [2.24, 2.45) is 0 Å². The fraction of sp³-hybridized carbons (Fsp3) is 0.278. The molecule has 0 aliphatic carbocycles. The topological polar surface area (TPSA) is 41.1 Å². The van der Waals surface area contributed by atoms with Crippen molar-refractivity contribution >= 4 is 11.6 Å². The Morgan fingerprint density at radius 2 is 1.95 bits per heavy atom. The van der Waals surface area contributed by atoms with E-state index in [0.717, 1.165) is 37.2 Å². The first-order valence-electron chi connectivity index (χ1n) is 7.49. The van der Waals surface area contributed by atoms with Crippen LogP contribution in [-0.2, 0) is 19.4 Å². The average molecular weight is 280 g/mol. The maximum Gasteiger partial charge on any atom is 0.255 e. The summed E-state index contributed by atoms with van der Waals surface area (Å²) in [6.07, 6.45) is 1.99. The smallest absolute Gasteiger partial charge is 0.255 e. The highest BCUT2D eigenvalue weighted by atomic mass is 16.1. The fourth-order valence-corrected chi connectivity index (χ4v) is 2.65. The minimum Gasteiger partial charge on any atom is -0.322 e. The summed E-state index contributed by atoms with van der Waals surface area (Å²) in [6, 6.07) is 14.0. The predicted octanol–water partition coefficient (Wildman–Crippen LogP) is 3.15. The molecular weight excluding hydrogens is 260 g/mol. The zero-order valence-corrected chi connectivity index (χ0v) is 12.3. The van der Waals surface area contributed by atoms with Crippen LogP contribution in [0, 0.1) is 0 Å². The molecule has 3 heteroatoms. The van der Waals surface area contributed by atoms with Crippen molar-refractivity contribution in [3.8, 4) is 0 Å². The molecule has 108 valence electrons. The molecule has 1 aliphatic heterocycles. The van der Waals surface area contributed by atoms with Crippen molar-refractivity contribution in [3.63, 3.8) is 0 Å². The van der Waals surface area contributed by atoms with Crippen LogP contribution in [0.25, 0.3) is 0 Å². The number of fused-ring (bicyclic) bond motifs is 1. The molecule has 0 saturated heterocycles. The predicted molar refractivity (Wildman–Crippen MR) is 85.6 cm³/mol. The largest absolute Gasteiger partial charge is 0.322 e. The van der Waals surface area contributed by atoms with E-state index in [0.29, 0.717) is 0 Å². The summed E-state index contributed by atoms with van der Waals surface area (Å²) in [7, 11) is 0. The lowest BCUT2D eigenvalue weighted by Gasteiger charge is -2.17. The van der Waals surface area contributed by atoms with Gasteiger partial charge in [-0.1, -0.05) is 25.1 Å². The number of anilines is 1. The number of amides is 1. The van der Waals surface area contributed by atoms with Gasteiger partial charge < -0.3 is 10.6 Å². The van der Waals surface area contributed by atoms with E-state index in [2.05, 4.69) is 23.6 Å². The van der Waals surface area contributed by atoms with Crippen LogP contribution in [0.4, 0.5) is 5.69 Å². The van der Waals surface area contributed by atoms with Crippen molar-refractivity contribution in [2.75, 3.05) is 11.9 Å². The first-order valence-corrected chi connectivity index (χ1v) is 7.49. The molecule has 1 heterocycles. The molecule has 0 radical (unpaired) electrons. The Hall–Kier alpha value is -2.13.